The Morgan fingerprint density at radius 1 is 1.38 bits per heavy atom. The largest absolute Gasteiger partial charge is 0.292 e. The molecule has 0 spiro atoms. The molecule has 1 fully saturated rings. The molecule has 0 N–H and O–H groups in total. The lowest BCUT2D eigenvalue weighted by Crippen LogP contribution is -2.70. The highest BCUT2D eigenvalue weighted by Crippen LogP contribution is 2.16. The standard InChI is InChI=1S/C9H23N3Si/c1-5-7-8-10(3)9-11(4)13-12(9)6-2/h9H,5-8,13H2,1-4H3. The smallest absolute Gasteiger partial charge is 0.177 e. The molecule has 4 heteroatoms. The lowest BCUT2D eigenvalue weighted by molar-refractivity contribution is -0.0128. The van der Waals surface area contributed by atoms with Crippen LogP contribution in [0.3, 0.4) is 0 Å². The highest BCUT2D eigenvalue weighted by atomic mass is 28.2. The average molecular weight is 201 g/mol. The van der Waals surface area contributed by atoms with Gasteiger partial charge in [-0.05, 0) is 27.1 Å². The van der Waals surface area contributed by atoms with Crippen molar-refractivity contribution in [2.24, 2.45) is 0 Å². The molecular formula is C9H23N3Si. The summed E-state index contributed by atoms with van der Waals surface area (Å²) in [6.07, 6.45) is 3.23. The van der Waals surface area contributed by atoms with E-state index >= 15 is 0 Å². The summed E-state index contributed by atoms with van der Waals surface area (Å²) in [7, 11) is 4.45. The Kier molecular flexibility index (Phi) is 4.38. The van der Waals surface area contributed by atoms with Crippen LogP contribution in [-0.2, 0) is 0 Å². The van der Waals surface area contributed by atoms with E-state index < -0.39 is 0 Å². The summed E-state index contributed by atoms with van der Waals surface area (Å²) < 4.78 is 5.15. The van der Waals surface area contributed by atoms with Gasteiger partial charge >= 0.3 is 0 Å². The van der Waals surface area contributed by atoms with Crippen LogP contribution in [0, 0.1) is 0 Å². The maximum atomic E-state index is 2.62. The van der Waals surface area contributed by atoms with E-state index in [9.17, 15) is 0 Å². The Labute approximate surface area is 84.7 Å². The van der Waals surface area contributed by atoms with Crippen molar-refractivity contribution in [2.75, 3.05) is 27.2 Å². The molecule has 0 saturated carbocycles. The van der Waals surface area contributed by atoms with Crippen molar-refractivity contribution < 1.29 is 0 Å². The number of unbranched alkanes of at least 4 members (excludes halogenated alkanes) is 1. The Morgan fingerprint density at radius 3 is 2.54 bits per heavy atom. The van der Waals surface area contributed by atoms with E-state index in [1.165, 1.54) is 25.9 Å². The zero-order valence-electron chi connectivity index (χ0n) is 9.45. The Balaban J connectivity index is 2.31. The van der Waals surface area contributed by atoms with E-state index in [-0.39, 0.29) is 9.84 Å². The third kappa shape index (κ3) is 2.53. The summed E-state index contributed by atoms with van der Waals surface area (Å²) in [6, 6.07) is 0. The van der Waals surface area contributed by atoms with E-state index in [1.54, 1.807) is 0 Å². The zero-order valence-corrected chi connectivity index (χ0v) is 10.9. The molecule has 1 aliphatic rings. The van der Waals surface area contributed by atoms with Crippen LogP contribution < -0.4 is 0 Å². The molecule has 13 heavy (non-hydrogen) atoms. The highest BCUT2D eigenvalue weighted by molar-refractivity contribution is 6.31. The van der Waals surface area contributed by atoms with Gasteiger partial charge in [-0.1, -0.05) is 20.3 Å². The maximum Gasteiger partial charge on any atom is 0.177 e. The zero-order chi connectivity index (χ0) is 9.84. The van der Waals surface area contributed by atoms with Gasteiger partial charge in [-0.2, -0.15) is 0 Å². The molecule has 0 aromatic heterocycles. The van der Waals surface area contributed by atoms with Crippen molar-refractivity contribution in [3.63, 3.8) is 0 Å². The van der Waals surface area contributed by atoms with Gasteiger partial charge in [0.05, 0.1) is 0 Å². The van der Waals surface area contributed by atoms with Crippen LogP contribution in [0.25, 0.3) is 0 Å². The number of nitrogens with zero attached hydrogens (tertiary/aromatic N) is 3. The van der Waals surface area contributed by atoms with Crippen molar-refractivity contribution >= 4 is 9.84 Å². The van der Waals surface area contributed by atoms with Crippen molar-refractivity contribution in [3.8, 4) is 0 Å². The number of hydrogen-bond donors (Lipinski definition) is 0. The van der Waals surface area contributed by atoms with Gasteiger partial charge in [-0.15, -0.1) is 0 Å². The molecule has 3 nitrogen and oxygen atoms in total. The van der Waals surface area contributed by atoms with Gasteiger partial charge in [0.25, 0.3) is 0 Å². The molecule has 0 aromatic carbocycles. The van der Waals surface area contributed by atoms with Crippen molar-refractivity contribution in [1.29, 1.82) is 0 Å². The molecular weight excluding hydrogens is 178 g/mol. The molecule has 1 rings (SSSR count). The fraction of sp³-hybridized carbons (Fsp3) is 1.00. The first kappa shape index (κ1) is 11.2. The number of hydrogen-bond acceptors (Lipinski definition) is 3. The van der Waals surface area contributed by atoms with Crippen LogP contribution in [0.2, 0.25) is 0 Å². The molecule has 0 aromatic rings. The van der Waals surface area contributed by atoms with Gasteiger partial charge < -0.3 is 0 Å². The summed E-state index contributed by atoms with van der Waals surface area (Å²) in [4.78, 5) is 2.48. The normalized spacial score (nSPS) is 27.0. The van der Waals surface area contributed by atoms with Crippen molar-refractivity contribution in [1.82, 2.24) is 14.0 Å². The fourth-order valence-electron chi connectivity index (χ4n) is 2.02. The molecule has 1 saturated heterocycles. The highest BCUT2D eigenvalue weighted by Gasteiger charge is 2.35. The molecule has 0 bridgehead atoms. The van der Waals surface area contributed by atoms with Crippen LogP contribution in [0.5, 0.6) is 0 Å². The molecule has 0 aliphatic carbocycles. The first-order valence-electron chi connectivity index (χ1n) is 5.35. The van der Waals surface area contributed by atoms with E-state index in [0.29, 0.717) is 6.29 Å². The lowest BCUT2D eigenvalue weighted by Gasteiger charge is -2.52. The van der Waals surface area contributed by atoms with E-state index in [2.05, 4.69) is 42.0 Å². The van der Waals surface area contributed by atoms with Gasteiger partial charge in [0.2, 0.25) is 0 Å². The quantitative estimate of drug-likeness (QED) is 0.591. The minimum absolute atomic E-state index is 0.0452. The lowest BCUT2D eigenvalue weighted by atomic mass is 10.3. The van der Waals surface area contributed by atoms with Gasteiger partial charge in [0.1, 0.15) is 6.29 Å². The second-order valence-corrected chi connectivity index (χ2v) is 6.08. The summed E-state index contributed by atoms with van der Waals surface area (Å²) in [5.41, 5.74) is 0. The minimum Gasteiger partial charge on any atom is -0.292 e. The molecule has 1 unspecified atom stereocenters. The molecule has 1 heterocycles. The van der Waals surface area contributed by atoms with Crippen LogP contribution in [0.1, 0.15) is 26.7 Å². The summed E-state index contributed by atoms with van der Waals surface area (Å²) in [5.74, 6) is 0. The van der Waals surface area contributed by atoms with Crippen molar-refractivity contribution in [2.45, 2.75) is 33.0 Å². The molecule has 1 aliphatic heterocycles. The van der Waals surface area contributed by atoms with Gasteiger partial charge in [-0.25, -0.2) is 0 Å². The van der Waals surface area contributed by atoms with Crippen LogP contribution in [0.15, 0.2) is 0 Å². The first-order chi connectivity index (χ1) is 6.20. The molecule has 1 atom stereocenters. The SMILES string of the molecule is CCCCN(C)C1N(C)[SiH2]N1CC. The monoisotopic (exact) mass is 201 g/mol. The predicted molar refractivity (Wildman–Crippen MR) is 60.0 cm³/mol. The predicted octanol–water partition coefficient (Wildman–Crippen LogP) is 0.268. The Hall–Kier alpha value is 0.0969. The molecule has 0 amide bonds. The summed E-state index contributed by atoms with van der Waals surface area (Å²) in [6.45, 7) is 6.97. The van der Waals surface area contributed by atoms with Crippen LogP contribution >= 0.6 is 0 Å². The minimum atomic E-state index is -0.0452. The Bertz CT molecular complexity index is 154. The second kappa shape index (κ2) is 5.10. The fourth-order valence-corrected chi connectivity index (χ4v) is 3.84. The van der Waals surface area contributed by atoms with Crippen molar-refractivity contribution in [3.05, 3.63) is 0 Å². The van der Waals surface area contributed by atoms with Crippen LogP contribution in [-0.4, -0.2) is 57.3 Å². The summed E-state index contributed by atoms with van der Waals surface area (Å²) in [5, 5.41) is 0. The van der Waals surface area contributed by atoms with Crippen LogP contribution in [0.4, 0.5) is 0 Å². The third-order valence-corrected chi connectivity index (χ3v) is 4.70. The number of rotatable bonds is 5. The maximum absolute atomic E-state index is 2.62. The average Bonchev–Trinajstić information content (AvgIpc) is 2.10. The van der Waals surface area contributed by atoms with E-state index in [4.69, 9.17) is 0 Å². The molecule has 0 radical (unpaired) electrons. The molecule has 78 valence electrons. The van der Waals surface area contributed by atoms with E-state index in [1.807, 2.05) is 0 Å². The van der Waals surface area contributed by atoms with Gasteiger partial charge in [-0.3, -0.25) is 14.0 Å². The Morgan fingerprint density at radius 2 is 2.08 bits per heavy atom. The third-order valence-electron chi connectivity index (χ3n) is 2.79. The second-order valence-electron chi connectivity index (χ2n) is 3.98. The topological polar surface area (TPSA) is 9.72 Å². The first-order valence-corrected chi connectivity index (χ1v) is 6.61. The van der Waals surface area contributed by atoms with E-state index in [0.717, 1.165) is 0 Å². The van der Waals surface area contributed by atoms with Gasteiger partial charge in [0, 0.05) is 6.54 Å². The van der Waals surface area contributed by atoms with Gasteiger partial charge in [0.15, 0.2) is 9.84 Å². The summed E-state index contributed by atoms with van der Waals surface area (Å²) >= 11 is 0.